The molecule has 0 aromatic carbocycles. The van der Waals surface area contributed by atoms with E-state index in [0.717, 1.165) is 18.8 Å². The fourth-order valence-electron chi connectivity index (χ4n) is 0.415. The molecule has 0 N–H and O–H groups in total. The van der Waals surface area contributed by atoms with Gasteiger partial charge in [-0.15, -0.1) is 0 Å². The molecule has 0 radical (unpaired) electrons. The van der Waals surface area contributed by atoms with E-state index in [1.165, 1.54) is 0 Å². The molecular weight excluding hydrogens is 141 g/mol. The quantitative estimate of drug-likeness (QED) is 0.400. The van der Waals surface area contributed by atoms with Gasteiger partial charge in [-0.2, -0.15) is 12.8 Å². The molecule has 1 aliphatic rings. The minimum Gasteiger partial charge on any atom is -0.334 e. The minimum atomic E-state index is 0. The van der Waals surface area contributed by atoms with Crippen molar-refractivity contribution in [2.45, 2.75) is 19.8 Å². The van der Waals surface area contributed by atoms with Crippen LogP contribution in [0.4, 0.5) is 0 Å². The molecular formula is C5H7OZn-. The van der Waals surface area contributed by atoms with Crippen LogP contribution < -0.4 is 0 Å². The first-order chi connectivity index (χ1) is 2.80. The van der Waals surface area contributed by atoms with Crippen molar-refractivity contribution in [3.63, 3.8) is 0 Å². The van der Waals surface area contributed by atoms with Crippen LogP contribution >= 0.6 is 0 Å². The maximum Gasteiger partial charge on any atom is 0 e. The molecule has 7 heavy (non-hydrogen) atoms. The molecule has 0 unspecified atom stereocenters. The number of hydrogen-bond donors (Lipinski definition) is 0. The van der Waals surface area contributed by atoms with Crippen LogP contribution in [0.15, 0.2) is 0 Å². The first-order valence-electron chi connectivity index (χ1n) is 2.16. The summed E-state index contributed by atoms with van der Waals surface area (Å²) in [5.41, 5.74) is 0. The van der Waals surface area contributed by atoms with E-state index >= 15 is 0 Å². The second-order valence-electron chi connectivity index (χ2n) is 1.66. The van der Waals surface area contributed by atoms with E-state index in [2.05, 4.69) is 0 Å². The van der Waals surface area contributed by atoms with E-state index in [0.29, 0.717) is 0 Å². The minimum absolute atomic E-state index is 0. The molecule has 0 amide bonds. The molecule has 0 atom stereocenters. The molecule has 1 rings (SSSR count). The van der Waals surface area contributed by atoms with Crippen molar-refractivity contribution in [3.05, 3.63) is 5.92 Å². The third-order valence-corrected chi connectivity index (χ3v) is 0.998. The fourth-order valence-corrected chi connectivity index (χ4v) is 0.415. The Morgan fingerprint density at radius 3 is 2.00 bits per heavy atom. The van der Waals surface area contributed by atoms with Crippen molar-refractivity contribution in [2.75, 3.05) is 0 Å². The predicted octanol–water partition coefficient (Wildman–Crippen LogP) is 0.941. The van der Waals surface area contributed by atoms with Crippen LogP contribution in [-0.2, 0) is 24.3 Å². The van der Waals surface area contributed by atoms with Crippen molar-refractivity contribution in [1.29, 1.82) is 0 Å². The molecule has 0 spiro atoms. The zero-order valence-electron chi connectivity index (χ0n) is 4.53. The van der Waals surface area contributed by atoms with Crippen LogP contribution in [0.5, 0.6) is 0 Å². The maximum atomic E-state index is 10.2. The molecule has 1 saturated carbocycles. The number of Topliss-reactive ketones (excluding diaryl/α,β-unsaturated/α-hetero) is 1. The molecule has 0 aliphatic heterocycles. The second kappa shape index (κ2) is 2.47. The molecule has 36 valence electrons. The maximum absolute atomic E-state index is 10.2. The molecule has 1 fully saturated rings. The second-order valence-corrected chi connectivity index (χ2v) is 1.66. The molecule has 1 aliphatic carbocycles. The van der Waals surface area contributed by atoms with E-state index in [9.17, 15) is 4.79 Å². The van der Waals surface area contributed by atoms with Gasteiger partial charge in [-0.25, -0.2) is 0 Å². The van der Waals surface area contributed by atoms with Gasteiger partial charge in [-0.1, -0.05) is 0 Å². The van der Waals surface area contributed by atoms with Gasteiger partial charge in [-0.05, 0) is 12.7 Å². The Labute approximate surface area is 56.2 Å². The van der Waals surface area contributed by atoms with Crippen LogP contribution in [0, 0.1) is 5.92 Å². The molecule has 2 heteroatoms. The first kappa shape index (κ1) is 7.16. The van der Waals surface area contributed by atoms with E-state index in [1.54, 1.807) is 6.92 Å². The Hall–Kier alpha value is 0.163. The summed E-state index contributed by atoms with van der Waals surface area (Å²) in [5, 5.41) is 0. The average Bonchev–Trinajstić information content (AvgIpc) is 2.06. The van der Waals surface area contributed by atoms with Gasteiger partial charge < -0.3 is 10.7 Å². The van der Waals surface area contributed by atoms with Gasteiger partial charge in [0.15, 0.2) is 0 Å². The molecule has 0 aromatic heterocycles. The van der Waals surface area contributed by atoms with Gasteiger partial charge in [0, 0.05) is 19.5 Å². The van der Waals surface area contributed by atoms with E-state index < -0.39 is 0 Å². The van der Waals surface area contributed by atoms with Gasteiger partial charge >= 0.3 is 0 Å². The summed E-state index contributed by atoms with van der Waals surface area (Å²) in [6.45, 7) is 1.63. The Morgan fingerprint density at radius 1 is 1.57 bits per heavy atom. The zero-order valence-corrected chi connectivity index (χ0v) is 7.50. The largest absolute Gasteiger partial charge is 0.334 e. The van der Waals surface area contributed by atoms with Crippen LogP contribution in [0.1, 0.15) is 19.8 Å². The van der Waals surface area contributed by atoms with Gasteiger partial charge in [-0.3, -0.25) is 0 Å². The monoisotopic (exact) mass is 147 g/mol. The Morgan fingerprint density at radius 2 is 2.00 bits per heavy atom. The summed E-state index contributed by atoms with van der Waals surface area (Å²) >= 11 is 0. The number of carbonyl (C=O) groups excluding carboxylic acids is 1. The number of carbonyl (C=O) groups is 1. The molecule has 0 bridgehead atoms. The van der Waals surface area contributed by atoms with Crippen LogP contribution in [0.3, 0.4) is 0 Å². The van der Waals surface area contributed by atoms with Crippen LogP contribution in [-0.4, -0.2) is 5.78 Å². The van der Waals surface area contributed by atoms with E-state index in [4.69, 9.17) is 0 Å². The normalized spacial score (nSPS) is 15.3. The van der Waals surface area contributed by atoms with E-state index in [1.807, 2.05) is 0 Å². The van der Waals surface area contributed by atoms with Crippen molar-refractivity contribution in [1.82, 2.24) is 0 Å². The SMILES string of the molecule is CC(=O)[C-]1CC1.[Zn]. The van der Waals surface area contributed by atoms with Crippen molar-refractivity contribution in [2.24, 2.45) is 0 Å². The standard InChI is InChI=1S/C5H7O.Zn/c1-4(6)5-2-3-5;/h2-3H2,1H3;/q-1;. The molecule has 0 saturated heterocycles. The Balaban J connectivity index is 0.000000360. The summed E-state index contributed by atoms with van der Waals surface area (Å²) in [6, 6.07) is 0. The third kappa shape index (κ3) is 2.08. The van der Waals surface area contributed by atoms with Gasteiger partial charge in [0.05, 0.1) is 0 Å². The van der Waals surface area contributed by atoms with Gasteiger partial charge in [0.1, 0.15) is 0 Å². The average molecular weight is 148 g/mol. The van der Waals surface area contributed by atoms with Crippen LogP contribution in [0.25, 0.3) is 0 Å². The fraction of sp³-hybridized carbons (Fsp3) is 0.600. The molecule has 0 heterocycles. The summed E-state index contributed by atoms with van der Waals surface area (Å²) in [4.78, 5) is 10.2. The van der Waals surface area contributed by atoms with Gasteiger partial charge in [0.25, 0.3) is 0 Å². The number of rotatable bonds is 1. The topological polar surface area (TPSA) is 17.1 Å². The smallest absolute Gasteiger partial charge is 0 e. The first-order valence-corrected chi connectivity index (χ1v) is 2.16. The van der Waals surface area contributed by atoms with Crippen molar-refractivity contribution in [3.8, 4) is 0 Å². The Kier molecular flexibility index (Phi) is 2.52. The van der Waals surface area contributed by atoms with Crippen molar-refractivity contribution < 1.29 is 24.3 Å². The molecule has 1 nitrogen and oxygen atoms in total. The summed E-state index contributed by atoms with van der Waals surface area (Å²) in [7, 11) is 0. The zero-order chi connectivity index (χ0) is 4.57. The summed E-state index contributed by atoms with van der Waals surface area (Å²) in [6.07, 6.45) is 2.13. The number of ketones is 1. The van der Waals surface area contributed by atoms with E-state index in [-0.39, 0.29) is 25.3 Å². The van der Waals surface area contributed by atoms with Gasteiger partial charge in [0.2, 0.25) is 0 Å². The van der Waals surface area contributed by atoms with Crippen LogP contribution in [0.2, 0.25) is 0 Å². The summed E-state index contributed by atoms with van der Waals surface area (Å²) < 4.78 is 0. The molecule has 0 aromatic rings. The number of hydrogen-bond acceptors (Lipinski definition) is 1. The van der Waals surface area contributed by atoms with Crippen molar-refractivity contribution >= 4 is 5.78 Å². The predicted molar refractivity (Wildman–Crippen MR) is 23.2 cm³/mol. The summed E-state index contributed by atoms with van der Waals surface area (Å²) in [5.74, 6) is 1.41. The third-order valence-electron chi connectivity index (χ3n) is 0.998. The Bertz CT molecular complexity index is 76.1.